The molecule has 0 aliphatic carbocycles. The van der Waals surface area contributed by atoms with Gasteiger partial charge in [-0.2, -0.15) is 13.2 Å². The van der Waals surface area contributed by atoms with Gasteiger partial charge in [-0.1, -0.05) is 0 Å². The Hall–Kier alpha value is -0.920. The summed E-state index contributed by atoms with van der Waals surface area (Å²) in [5.74, 6) is -2.71. The molecule has 2 heterocycles. The van der Waals surface area contributed by atoms with Crippen LogP contribution in [0.1, 0.15) is 18.5 Å². The average Bonchev–Trinajstić information content (AvgIpc) is 2.66. The van der Waals surface area contributed by atoms with Crippen molar-refractivity contribution in [3.05, 3.63) is 11.1 Å². The van der Waals surface area contributed by atoms with E-state index in [2.05, 4.69) is 4.98 Å². The van der Waals surface area contributed by atoms with Crippen molar-refractivity contribution in [2.75, 3.05) is 18.0 Å². The van der Waals surface area contributed by atoms with Gasteiger partial charge in [0.25, 0.3) is 5.92 Å². The van der Waals surface area contributed by atoms with Crippen molar-refractivity contribution in [3.8, 4) is 0 Å². The van der Waals surface area contributed by atoms with Gasteiger partial charge in [0.05, 0.1) is 0 Å². The van der Waals surface area contributed by atoms with Crippen molar-refractivity contribution in [2.24, 2.45) is 0 Å². The first-order valence-corrected chi connectivity index (χ1v) is 5.81. The minimum absolute atomic E-state index is 0.0395. The number of anilines is 1. The van der Waals surface area contributed by atoms with E-state index >= 15 is 0 Å². The molecule has 0 bridgehead atoms. The number of halogens is 5. The van der Waals surface area contributed by atoms with Gasteiger partial charge in [0.2, 0.25) is 0 Å². The standard InChI is InChI=1S/C9H9F5N2S/c10-8(11)1-3-16(4-2-8)7-15-6(5-17-7)9(12,13)14/h5H,1-4H2. The first-order chi connectivity index (χ1) is 7.78. The highest BCUT2D eigenvalue weighted by Crippen LogP contribution is 2.35. The molecule has 0 spiro atoms. The quantitative estimate of drug-likeness (QED) is 0.728. The van der Waals surface area contributed by atoms with Crippen molar-refractivity contribution in [1.82, 2.24) is 4.98 Å². The Kier molecular flexibility index (Phi) is 3.01. The Labute approximate surface area is 98.1 Å². The molecule has 17 heavy (non-hydrogen) atoms. The summed E-state index contributed by atoms with van der Waals surface area (Å²) in [6.07, 6.45) is -5.16. The molecule has 96 valence electrons. The van der Waals surface area contributed by atoms with Gasteiger partial charge in [-0.15, -0.1) is 11.3 Å². The van der Waals surface area contributed by atoms with E-state index in [0.717, 1.165) is 16.7 Å². The number of aromatic nitrogens is 1. The zero-order valence-corrected chi connectivity index (χ0v) is 9.41. The van der Waals surface area contributed by atoms with Crippen LogP contribution in [0.5, 0.6) is 0 Å². The number of hydrogen-bond donors (Lipinski definition) is 0. The Balaban J connectivity index is 2.07. The van der Waals surface area contributed by atoms with Gasteiger partial charge in [-0.05, 0) is 0 Å². The molecule has 8 heteroatoms. The predicted molar refractivity (Wildman–Crippen MR) is 53.5 cm³/mol. The molecule has 2 nitrogen and oxygen atoms in total. The maximum atomic E-state index is 12.9. The third kappa shape index (κ3) is 2.85. The third-order valence-corrected chi connectivity index (χ3v) is 3.45. The minimum atomic E-state index is -4.48. The highest BCUT2D eigenvalue weighted by Gasteiger charge is 2.37. The van der Waals surface area contributed by atoms with Crippen molar-refractivity contribution >= 4 is 16.5 Å². The lowest BCUT2D eigenvalue weighted by Crippen LogP contribution is -2.39. The number of rotatable bonds is 1. The molecular weight excluding hydrogens is 263 g/mol. The molecule has 0 amide bonds. The smallest absolute Gasteiger partial charge is 0.348 e. The number of nitrogens with zero attached hydrogens (tertiary/aromatic N) is 2. The first kappa shape index (κ1) is 12.5. The molecule has 1 aliphatic rings. The van der Waals surface area contributed by atoms with Crippen molar-refractivity contribution in [2.45, 2.75) is 24.9 Å². The number of hydrogen-bond acceptors (Lipinski definition) is 3. The molecule has 0 radical (unpaired) electrons. The summed E-state index contributed by atoms with van der Waals surface area (Å²) in [5, 5.41) is 1.06. The van der Waals surface area contributed by atoms with Crippen LogP contribution in [-0.2, 0) is 6.18 Å². The van der Waals surface area contributed by atoms with E-state index in [9.17, 15) is 22.0 Å². The number of piperidine rings is 1. The van der Waals surface area contributed by atoms with Gasteiger partial charge in [-0.3, -0.25) is 0 Å². The SMILES string of the molecule is FC1(F)CCN(c2nc(C(F)(F)F)cs2)CC1. The van der Waals surface area contributed by atoms with E-state index in [4.69, 9.17) is 0 Å². The van der Waals surface area contributed by atoms with Crippen LogP contribution in [0.4, 0.5) is 27.1 Å². The lowest BCUT2D eigenvalue weighted by Gasteiger charge is -2.31. The molecule has 0 saturated carbocycles. The summed E-state index contributed by atoms with van der Waals surface area (Å²) >= 11 is 0.833. The van der Waals surface area contributed by atoms with E-state index < -0.39 is 17.8 Å². The molecule has 1 aliphatic heterocycles. The van der Waals surface area contributed by atoms with E-state index in [1.165, 1.54) is 4.90 Å². The Morgan fingerprint density at radius 2 is 1.82 bits per heavy atom. The normalized spacial score (nSPS) is 20.6. The third-order valence-electron chi connectivity index (χ3n) is 2.55. The van der Waals surface area contributed by atoms with Crippen LogP contribution in [-0.4, -0.2) is 24.0 Å². The molecule has 1 saturated heterocycles. The molecular formula is C9H9F5N2S. The highest BCUT2D eigenvalue weighted by atomic mass is 32.1. The van der Waals surface area contributed by atoms with Crippen molar-refractivity contribution in [3.63, 3.8) is 0 Å². The van der Waals surface area contributed by atoms with E-state index in [1.807, 2.05) is 0 Å². The molecule has 0 unspecified atom stereocenters. The summed E-state index contributed by atoms with van der Waals surface area (Å²) in [5.41, 5.74) is -0.963. The van der Waals surface area contributed by atoms with Crippen LogP contribution < -0.4 is 4.90 Å². The zero-order valence-electron chi connectivity index (χ0n) is 8.60. The molecule has 1 aromatic rings. The fraction of sp³-hybridized carbons (Fsp3) is 0.667. The number of thiazole rings is 1. The van der Waals surface area contributed by atoms with Crippen LogP contribution in [0.3, 0.4) is 0 Å². The average molecular weight is 272 g/mol. The van der Waals surface area contributed by atoms with Gasteiger partial charge < -0.3 is 4.90 Å². The molecule has 2 rings (SSSR count). The molecule has 1 aromatic heterocycles. The Morgan fingerprint density at radius 1 is 1.24 bits per heavy atom. The zero-order chi connectivity index (χ0) is 12.7. The highest BCUT2D eigenvalue weighted by molar-refractivity contribution is 7.13. The molecule has 1 fully saturated rings. The second-order valence-electron chi connectivity index (χ2n) is 3.86. The van der Waals surface area contributed by atoms with Gasteiger partial charge in [0, 0.05) is 31.3 Å². The summed E-state index contributed by atoms with van der Waals surface area (Å²) in [7, 11) is 0. The maximum absolute atomic E-state index is 12.9. The van der Waals surface area contributed by atoms with E-state index in [-0.39, 0.29) is 31.1 Å². The monoisotopic (exact) mass is 272 g/mol. The maximum Gasteiger partial charge on any atom is 0.434 e. The topological polar surface area (TPSA) is 16.1 Å². The van der Waals surface area contributed by atoms with Crippen LogP contribution in [0.2, 0.25) is 0 Å². The van der Waals surface area contributed by atoms with Gasteiger partial charge >= 0.3 is 6.18 Å². The summed E-state index contributed by atoms with van der Waals surface area (Å²) in [4.78, 5) is 4.90. The molecule has 0 aromatic carbocycles. The fourth-order valence-corrected chi connectivity index (χ4v) is 2.45. The van der Waals surface area contributed by atoms with Gasteiger partial charge in [-0.25, -0.2) is 13.8 Å². The summed E-state index contributed by atoms with van der Waals surface area (Å²) in [6, 6.07) is 0. The van der Waals surface area contributed by atoms with E-state index in [1.54, 1.807) is 0 Å². The van der Waals surface area contributed by atoms with Crippen LogP contribution in [0.15, 0.2) is 5.38 Å². The van der Waals surface area contributed by atoms with E-state index in [0.29, 0.717) is 0 Å². The Bertz CT molecular complexity index is 390. The fourth-order valence-electron chi connectivity index (χ4n) is 1.56. The van der Waals surface area contributed by atoms with Crippen LogP contribution in [0.25, 0.3) is 0 Å². The van der Waals surface area contributed by atoms with Gasteiger partial charge in [0.1, 0.15) is 0 Å². The first-order valence-electron chi connectivity index (χ1n) is 4.93. The number of alkyl halides is 5. The molecule has 0 N–H and O–H groups in total. The second-order valence-corrected chi connectivity index (χ2v) is 4.69. The Morgan fingerprint density at radius 3 is 2.29 bits per heavy atom. The van der Waals surface area contributed by atoms with Crippen molar-refractivity contribution < 1.29 is 22.0 Å². The largest absolute Gasteiger partial charge is 0.434 e. The van der Waals surface area contributed by atoms with Crippen molar-refractivity contribution in [1.29, 1.82) is 0 Å². The minimum Gasteiger partial charge on any atom is -0.348 e. The predicted octanol–water partition coefficient (Wildman–Crippen LogP) is 3.40. The van der Waals surface area contributed by atoms with Crippen LogP contribution >= 0.6 is 11.3 Å². The van der Waals surface area contributed by atoms with Crippen LogP contribution in [0, 0.1) is 0 Å². The van der Waals surface area contributed by atoms with Gasteiger partial charge in [0.15, 0.2) is 10.8 Å². The lowest BCUT2D eigenvalue weighted by molar-refractivity contribution is -0.140. The lowest BCUT2D eigenvalue weighted by atomic mass is 10.1. The molecule has 0 atom stereocenters. The second kappa shape index (κ2) is 4.08. The summed E-state index contributed by atoms with van der Waals surface area (Å²) < 4.78 is 62.6. The summed E-state index contributed by atoms with van der Waals surface area (Å²) in [6.45, 7) is 0.0790.